The molecule has 1 aliphatic carbocycles. The average Bonchev–Trinajstić information content (AvgIpc) is 2.90. The van der Waals surface area contributed by atoms with Gasteiger partial charge in [0.15, 0.2) is 0 Å². The largest absolute Gasteiger partial charge is 0.379 e. The molecule has 2 heterocycles. The lowest BCUT2D eigenvalue weighted by Gasteiger charge is -2.43. The standard InChI is InChI=1S/C17H30N2O2/c1-18-9-10-21-14-17(12-18)7-4-8-19(13-17)16(20)11-15-5-2-3-6-15/h15H,2-14H2,1H3. The zero-order chi connectivity index (χ0) is 14.7. The predicted molar refractivity (Wildman–Crippen MR) is 83.1 cm³/mol. The number of carbonyl (C=O) groups is 1. The van der Waals surface area contributed by atoms with E-state index >= 15 is 0 Å². The highest BCUT2D eigenvalue weighted by molar-refractivity contribution is 5.76. The Labute approximate surface area is 128 Å². The Hall–Kier alpha value is -0.610. The average molecular weight is 294 g/mol. The second-order valence-corrected chi connectivity index (χ2v) is 7.56. The maximum atomic E-state index is 12.6. The van der Waals surface area contributed by atoms with Gasteiger partial charge in [-0.2, -0.15) is 0 Å². The maximum absolute atomic E-state index is 12.6. The summed E-state index contributed by atoms with van der Waals surface area (Å²) in [7, 11) is 2.18. The van der Waals surface area contributed by atoms with Gasteiger partial charge in [0.05, 0.1) is 13.2 Å². The molecule has 0 N–H and O–H groups in total. The number of nitrogens with zero attached hydrogens (tertiary/aromatic N) is 2. The summed E-state index contributed by atoms with van der Waals surface area (Å²) in [6, 6.07) is 0. The van der Waals surface area contributed by atoms with E-state index in [1.807, 2.05) is 0 Å². The van der Waals surface area contributed by atoms with E-state index < -0.39 is 0 Å². The summed E-state index contributed by atoms with van der Waals surface area (Å²) in [5.74, 6) is 1.05. The Balaban J connectivity index is 1.60. The van der Waals surface area contributed by atoms with Crippen LogP contribution in [0.3, 0.4) is 0 Å². The molecule has 120 valence electrons. The van der Waals surface area contributed by atoms with Gasteiger partial charge in [-0.25, -0.2) is 0 Å². The molecule has 2 aliphatic heterocycles. The number of rotatable bonds is 2. The van der Waals surface area contributed by atoms with Gasteiger partial charge in [0.2, 0.25) is 5.91 Å². The first-order chi connectivity index (χ1) is 10.2. The molecule has 21 heavy (non-hydrogen) atoms. The van der Waals surface area contributed by atoms with Crippen molar-refractivity contribution in [3.05, 3.63) is 0 Å². The summed E-state index contributed by atoms with van der Waals surface area (Å²) in [5.41, 5.74) is 0.175. The molecule has 0 radical (unpaired) electrons. The van der Waals surface area contributed by atoms with Crippen molar-refractivity contribution < 1.29 is 9.53 Å². The van der Waals surface area contributed by atoms with Crippen LogP contribution in [0, 0.1) is 11.3 Å². The molecule has 3 fully saturated rings. The lowest BCUT2D eigenvalue weighted by Crippen LogP contribution is -2.51. The van der Waals surface area contributed by atoms with Crippen LogP contribution in [0.1, 0.15) is 44.9 Å². The third-order valence-corrected chi connectivity index (χ3v) is 5.58. The highest BCUT2D eigenvalue weighted by atomic mass is 16.5. The number of piperidine rings is 1. The highest BCUT2D eigenvalue weighted by Crippen LogP contribution is 2.34. The molecule has 0 bridgehead atoms. The molecule has 0 aromatic rings. The first-order valence-corrected chi connectivity index (χ1v) is 8.71. The van der Waals surface area contributed by atoms with Crippen molar-refractivity contribution in [3.8, 4) is 0 Å². The summed E-state index contributed by atoms with van der Waals surface area (Å²) < 4.78 is 5.84. The van der Waals surface area contributed by atoms with Crippen LogP contribution in [0.4, 0.5) is 0 Å². The van der Waals surface area contributed by atoms with E-state index in [2.05, 4.69) is 16.8 Å². The zero-order valence-electron chi connectivity index (χ0n) is 13.5. The van der Waals surface area contributed by atoms with Crippen LogP contribution in [0.15, 0.2) is 0 Å². The van der Waals surface area contributed by atoms with Crippen LogP contribution in [0.5, 0.6) is 0 Å². The van der Waals surface area contributed by atoms with Crippen LogP contribution < -0.4 is 0 Å². The number of carbonyl (C=O) groups excluding carboxylic acids is 1. The van der Waals surface area contributed by atoms with Gasteiger partial charge in [0, 0.05) is 38.0 Å². The molecule has 0 aromatic carbocycles. The summed E-state index contributed by atoms with van der Waals surface area (Å²) >= 11 is 0. The van der Waals surface area contributed by atoms with Crippen molar-refractivity contribution in [1.29, 1.82) is 0 Å². The van der Waals surface area contributed by atoms with Crippen LogP contribution in [0.2, 0.25) is 0 Å². The molecular weight excluding hydrogens is 264 g/mol. The number of hydrogen-bond donors (Lipinski definition) is 0. The molecule has 1 unspecified atom stereocenters. The van der Waals surface area contributed by atoms with E-state index in [1.165, 1.54) is 32.1 Å². The Morgan fingerprint density at radius 1 is 1.19 bits per heavy atom. The number of likely N-dealkylation sites (N-methyl/N-ethyl adjacent to an activating group) is 1. The first kappa shape index (κ1) is 15.3. The van der Waals surface area contributed by atoms with Crippen molar-refractivity contribution in [1.82, 2.24) is 9.80 Å². The van der Waals surface area contributed by atoms with Gasteiger partial charge in [-0.3, -0.25) is 4.79 Å². The monoisotopic (exact) mass is 294 g/mol. The van der Waals surface area contributed by atoms with E-state index in [4.69, 9.17) is 4.74 Å². The fourth-order valence-electron chi connectivity index (χ4n) is 4.46. The third-order valence-electron chi connectivity index (χ3n) is 5.58. The Bertz CT molecular complexity index is 368. The summed E-state index contributed by atoms with van der Waals surface area (Å²) in [4.78, 5) is 17.1. The minimum atomic E-state index is 0.175. The SMILES string of the molecule is CN1CCOCC2(CCCN(C(=O)CC3CCCC3)C2)C1. The van der Waals surface area contributed by atoms with Gasteiger partial charge in [-0.15, -0.1) is 0 Å². The van der Waals surface area contributed by atoms with Crippen molar-refractivity contribution >= 4 is 5.91 Å². The Morgan fingerprint density at radius 2 is 2.00 bits per heavy atom. The molecule has 3 aliphatic rings. The molecule has 2 saturated heterocycles. The predicted octanol–water partition coefficient (Wildman–Crippen LogP) is 2.14. The molecule has 1 spiro atoms. The second-order valence-electron chi connectivity index (χ2n) is 7.56. The topological polar surface area (TPSA) is 32.8 Å². The molecule has 3 rings (SSSR count). The number of hydrogen-bond acceptors (Lipinski definition) is 3. The second kappa shape index (κ2) is 6.66. The molecule has 1 saturated carbocycles. The van der Waals surface area contributed by atoms with E-state index in [9.17, 15) is 4.79 Å². The van der Waals surface area contributed by atoms with Crippen LogP contribution in [-0.4, -0.2) is 62.1 Å². The van der Waals surface area contributed by atoms with Gasteiger partial charge in [0.1, 0.15) is 0 Å². The minimum Gasteiger partial charge on any atom is -0.379 e. The molecular formula is C17H30N2O2. The van der Waals surface area contributed by atoms with Crippen molar-refractivity contribution in [3.63, 3.8) is 0 Å². The quantitative estimate of drug-likeness (QED) is 0.782. The number of amides is 1. The summed E-state index contributed by atoms with van der Waals surface area (Å²) in [6.07, 6.45) is 8.28. The molecule has 0 aromatic heterocycles. The highest BCUT2D eigenvalue weighted by Gasteiger charge is 2.39. The van der Waals surface area contributed by atoms with E-state index in [0.717, 1.165) is 52.2 Å². The fourth-order valence-corrected chi connectivity index (χ4v) is 4.46. The van der Waals surface area contributed by atoms with E-state index in [-0.39, 0.29) is 5.41 Å². The van der Waals surface area contributed by atoms with Gasteiger partial charge in [-0.05, 0) is 38.6 Å². The minimum absolute atomic E-state index is 0.175. The van der Waals surface area contributed by atoms with Gasteiger partial charge in [0.25, 0.3) is 0 Å². The first-order valence-electron chi connectivity index (χ1n) is 8.71. The molecule has 4 nitrogen and oxygen atoms in total. The van der Waals surface area contributed by atoms with E-state index in [1.54, 1.807) is 0 Å². The Kier molecular flexibility index (Phi) is 4.85. The molecule has 4 heteroatoms. The number of likely N-dealkylation sites (tertiary alicyclic amines) is 1. The normalized spacial score (nSPS) is 32.5. The van der Waals surface area contributed by atoms with Crippen molar-refractivity contribution in [2.45, 2.75) is 44.9 Å². The fraction of sp³-hybridized carbons (Fsp3) is 0.941. The van der Waals surface area contributed by atoms with Crippen LogP contribution in [0.25, 0.3) is 0 Å². The maximum Gasteiger partial charge on any atom is 0.222 e. The van der Waals surface area contributed by atoms with E-state index in [0.29, 0.717) is 11.8 Å². The van der Waals surface area contributed by atoms with Crippen molar-refractivity contribution in [2.75, 3.05) is 46.4 Å². The van der Waals surface area contributed by atoms with Gasteiger partial charge in [-0.1, -0.05) is 12.8 Å². The summed E-state index contributed by atoms with van der Waals surface area (Å²) in [5, 5.41) is 0. The molecule has 1 amide bonds. The Morgan fingerprint density at radius 3 is 2.81 bits per heavy atom. The zero-order valence-corrected chi connectivity index (χ0v) is 13.5. The lowest BCUT2D eigenvalue weighted by molar-refractivity contribution is -0.137. The number of ether oxygens (including phenoxy) is 1. The molecule has 1 atom stereocenters. The lowest BCUT2D eigenvalue weighted by atomic mass is 9.80. The van der Waals surface area contributed by atoms with Crippen molar-refractivity contribution in [2.24, 2.45) is 11.3 Å². The van der Waals surface area contributed by atoms with Crippen LogP contribution in [-0.2, 0) is 9.53 Å². The van der Waals surface area contributed by atoms with Crippen LogP contribution >= 0.6 is 0 Å². The summed E-state index contributed by atoms with van der Waals surface area (Å²) in [6.45, 7) is 5.59. The van der Waals surface area contributed by atoms with Gasteiger partial charge >= 0.3 is 0 Å². The van der Waals surface area contributed by atoms with Gasteiger partial charge < -0.3 is 14.5 Å². The smallest absolute Gasteiger partial charge is 0.222 e. The third kappa shape index (κ3) is 3.78.